The molecule has 0 saturated carbocycles. The van der Waals surface area contributed by atoms with Gasteiger partial charge in [0.2, 0.25) is 5.78 Å². The molecule has 0 aliphatic carbocycles. The Morgan fingerprint density at radius 2 is 1.80 bits per heavy atom. The second-order valence-electron chi connectivity index (χ2n) is 9.13. The van der Waals surface area contributed by atoms with Crippen LogP contribution in [-0.2, 0) is 9.22 Å². The summed E-state index contributed by atoms with van der Waals surface area (Å²) in [5, 5.41) is 11.0. The molecular weight excluding hydrogens is 330 g/mol. The maximum absolute atomic E-state index is 13.0. The molecule has 2 heterocycles. The van der Waals surface area contributed by atoms with Crippen LogP contribution >= 0.6 is 0 Å². The monoisotopic (exact) mass is 360 g/mol. The topological polar surface area (TPSA) is 46.5 Å². The second kappa shape index (κ2) is 5.79. The van der Waals surface area contributed by atoms with Crippen molar-refractivity contribution in [1.29, 1.82) is 0 Å². The van der Waals surface area contributed by atoms with Gasteiger partial charge in [0.15, 0.2) is 14.4 Å². The molecule has 4 nitrogen and oxygen atoms in total. The molecule has 5 heteroatoms. The van der Waals surface area contributed by atoms with Crippen molar-refractivity contribution in [1.82, 2.24) is 0 Å². The molecule has 136 valence electrons. The van der Waals surface area contributed by atoms with Crippen molar-refractivity contribution >= 4 is 19.7 Å². The number of hydrogen-bond donors (Lipinski definition) is 1. The predicted octanol–water partition coefficient (Wildman–Crippen LogP) is 4.11. The highest BCUT2D eigenvalue weighted by Gasteiger charge is 2.59. The average molecular weight is 361 g/mol. The van der Waals surface area contributed by atoms with Crippen LogP contribution in [0.1, 0.15) is 32.8 Å². The molecule has 0 radical (unpaired) electrons. The molecule has 1 aromatic carbocycles. The highest BCUT2D eigenvalue weighted by atomic mass is 28.4. The van der Waals surface area contributed by atoms with Crippen LogP contribution in [0.2, 0.25) is 18.1 Å². The molecule has 3 rings (SSSR count). The maximum atomic E-state index is 13.0. The Labute approximate surface area is 151 Å². The van der Waals surface area contributed by atoms with Crippen molar-refractivity contribution in [2.45, 2.75) is 57.5 Å². The van der Waals surface area contributed by atoms with E-state index < -0.39 is 8.32 Å². The number of Topliss-reactive ketones (excluding diaryl/α,β-unsaturated/α-hetero) is 1. The van der Waals surface area contributed by atoms with Gasteiger partial charge in [-0.15, -0.1) is 0 Å². The largest absolute Gasteiger partial charge is 0.467 e. The van der Waals surface area contributed by atoms with E-state index in [9.17, 15) is 9.90 Å². The molecule has 0 unspecified atom stereocenters. The van der Waals surface area contributed by atoms with Gasteiger partial charge in [-0.25, -0.2) is 0 Å². The van der Waals surface area contributed by atoms with Gasteiger partial charge >= 0.3 is 5.88 Å². The van der Waals surface area contributed by atoms with Crippen LogP contribution in [-0.4, -0.2) is 49.4 Å². The SMILES string of the molecule is CC(C)(C)[Si](C)(C)O[C@H]1C[C@@H]2C(=O)C(c3ccccc3)=C(O)[N@+]2(C)C1. The van der Waals surface area contributed by atoms with Crippen LogP contribution in [0, 0.1) is 0 Å². The number of fused-ring (bicyclic) bond motifs is 1. The lowest BCUT2D eigenvalue weighted by atomic mass is 9.99. The fourth-order valence-electron chi connectivity index (χ4n) is 3.79. The number of carbonyl (C=O) groups is 1. The summed E-state index contributed by atoms with van der Waals surface area (Å²) < 4.78 is 6.82. The third-order valence-electron chi connectivity index (χ3n) is 6.34. The normalized spacial score (nSPS) is 30.1. The average Bonchev–Trinajstić information content (AvgIpc) is 2.91. The fourth-order valence-corrected chi connectivity index (χ4v) is 5.15. The predicted molar refractivity (Wildman–Crippen MR) is 103 cm³/mol. The Hall–Kier alpha value is -1.43. The van der Waals surface area contributed by atoms with Gasteiger partial charge in [-0.2, -0.15) is 0 Å². The minimum Gasteiger partial charge on any atom is -0.467 e. The summed E-state index contributed by atoms with van der Waals surface area (Å²) >= 11 is 0. The summed E-state index contributed by atoms with van der Waals surface area (Å²) in [6, 6.07) is 9.26. The van der Waals surface area contributed by atoms with Crippen LogP contribution in [0.5, 0.6) is 0 Å². The molecule has 1 aromatic rings. The first-order valence-corrected chi connectivity index (χ1v) is 11.9. The number of rotatable bonds is 3. The van der Waals surface area contributed by atoms with Crippen molar-refractivity contribution in [3.05, 3.63) is 41.8 Å². The standard InChI is InChI=1S/C20H29NO3Si/c1-20(2,3)25(5,6)24-15-12-16-18(22)17(14-10-8-7-9-11-14)19(23)21(16,4)13-15/h7-11,15-16H,12-13H2,1-6H3/p+1/t15-,16+,21+/m0/s1. The van der Waals surface area contributed by atoms with Gasteiger partial charge in [0.1, 0.15) is 18.2 Å². The van der Waals surface area contributed by atoms with Gasteiger partial charge in [-0.1, -0.05) is 51.1 Å². The van der Waals surface area contributed by atoms with E-state index in [1.165, 1.54) is 0 Å². The number of quaternary nitrogens is 1. The lowest BCUT2D eigenvalue weighted by Crippen LogP contribution is -2.48. The Balaban J connectivity index is 1.88. The smallest absolute Gasteiger partial charge is 0.301 e. The highest BCUT2D eigenvalue weighted by molar-refractivity contribution is 6.74. The van der Waals surface area contributed by atoms with Crippen LogP contribution in [0.4, 0.5) is 0 Å². The number of aliphatic hydroxyl groups is 1. The van der Waals surface area contributed by atoms with Gasteiger partial charge in [0.25, 0.3) is 0 Å². The van der Waals surface area contributed by atoms with Crippen molar-refractivity contribution in [3.63, 3.8) is 0 Å². The first-order chi connectivity index (χ1) is 11.5. The molecule has 25 heavy (non-hydrogen) atoms. The minimum atomic E-state index is -1.89. The first kappa shape index (κ1) is 18.4. The number of likely N-dealkylation sites (N-methyl/N-ethyl adjacent to an activating group) is 1. The van der Waals surface area contributed by atoms with E-state index in [1.54, 1.807) is 0 Å². The Kier molecular flexibility index (Phi) is 4.25. The summed E-state index contributed by atoms with van der Waals surface area (Å²) in [5.74, 6) is 0.245. The molecule has 0 bridgehead atoms. The summed E-state index contributed by atoms with van der Waals surface area (Å²) in [7, 11) is 0.0665. The van der Waals surface area contributed by atoms with Gasteiger partial charge in [0.05, 0.1) is 7.05 Å². The van der Waals surface area contributed by atoms with Gasteiger partial charge in [-0.05, 0) is 23.7 Å². The van der Waals surface area contributed by atoms with Gasteiger partial charge < -0.3 is 9.53 Å². The lowest BCUT2D eigenvalue weighted by Gasteiger charge is -2.38. The minimum absolute atomic E-state index is 0.0271. The van der Waals surface area contributed by atoms with E-state index >= 15 is 0 Å². The van der Waals surface area contributed by atoms with Crippen molar-refractivity contribution in [2.75, 3.05) is 13.6 Å². The number of aliphatic hydroxyl groups excluding tert-OH is 1. The van der Waals surface area contributed by atoms with Crippen molar-refractivity contribution in [3.8, 4) is 0 Å². The molecule has 0 aromatic heterocycles. The quantitative estimate of drug-likeness (QED) is 0.652. The van der Waals surface area contributed by atoms with E-state index in [2.05, 4.69) is 33.9 Å². The fraction of sp³-hybridized carbons (Fsp3) is 0.550. The number of hydrogen-bond acceptors (Lipinski definition) is 3. The summed E-state index contributed by atoms with van der Waals surface area (Å²) in [4.78, 5) is 13.0. The molecule has 2 aliphatic heterocycles. The van der Waals surface area contributed by atoms with E-state index in [1.807, 2.05) is 37.4 Å². The zero-order valence-electron chi connectivity index (χ0n) is 16.2. The van der Waals surface area contributed by atoms with Crippen LogP contribution in [0.25, 0.3) is 5.57 Å². The molecule has 1 fully saturated rings. The number of benzene rings is 1. The molecular formula is C20H30NO3Si+. The van der Waals surface area contributed by atoms with Crippen molar-refractivity contribution in [2.24, 2.45) is 0 Å². The van der Waals surface area contributed by atoms with Gasteiger partial charge in [-0.3, -0.25) is 9.28 Å². The van der Waals surface area contributed by atoms with Crippen LogP contribution < -0.4 is 0 Å². The third-order valence-corrected chi connectivity index (χ3v) is 10.9. The zero-order chi connectivity index (χ0) is 18.6. The second-order valence-corrected chi connectivity index (χ2v) is 13.9. The van der Waals surface area contributed by atoms with Crippen molar-refractivity contribution < 1.29 is 18.8 Å². The maximum Gasteiger partial charge on any atom is 0.301 e. The van der Waals surface area contributed by atoms with E-state index in [0.29, 0.717) is 18.5 Å². The number of carbonyl (C=O) groups excluding carboxylic acids is 1. The summed E-state index contributed by atoms with van der Waals surface area (Å²) in [6.45, 7) is 11.8. The molecule has 2 aliphatic rings. The number of nitrogens with zero attached hydrogens (tertiary/aromatic N) is 1. The summed E-state index contributed by atoms with van der Waals surface area (Å²) in [5.41, 5.74) is 1.29. The lowest BCUT2D eigenvalue weighted by molar-refractivity contribution is -0.886. The van der Waals surface area contributed by atoms with Gasteiger partial charge in [0, 0.05) is 6.42 Å². The Bertz CT molecular complexity index is 720. The molecule has 3 atom stereocenters. The molecule has 1 N–H and O–H groups in total. The Morgan fingerprint density at radius 3 is 2.32 bits per heavy atom. The van der Waals surface area contributed by atoms with E-state index in [4.69, 9.17) is 4.43 Å². The molecule has 1 saturated heterocycles. The van der Waals surface area contributed by atoms with Crippen LogP contribution in [0.15, 0.2) is 36.2 Å². The zero-order valence-corrected chi connectivity index (χ0v) is 17.2. The number of ketones is 1. The highest BCUT2D eigenvalue weighted by Crippen LogP contribution is 2.45. The molecule has 0 spiro atoms. The third kappa shape index (κ3) is 2.88. The molecule has 0 amide bonds. The first-order valence-electron chi connectivity index (χ1n) is 9.04. The van der Waals surface area contributed by atoms with E-state index in [0.717, 1.165) is 5.56 Å². The summed E-state index contributed by atoms with van der Waals surface area (Å²) in [6.07, 6.45) is 0.710. The Morgan fingerprint density at radius 1 is 1.20 bits per heavy atom. The van der Waals surface area contributed by atoms with E-state index in [-0.39, 0.29) is 33.3 Å². The van der Waals surface area contributed by atoms with Crippen LogP contribution in [0.3, 0.4) is 0 Å².